The van der Waals surface area contributed by atoms with Crippen LogP contribution in [0.15, 0.2) is 143 Å². The maximum atomic E-state index is 13.7. The molecular weight excluding hydrogens is 851 g/mol. The van der Waals surface area contributed by atoms with E-state index in [0.717, 1.165) is 18.2 Å². The van der Waals surface area contributed by atoms with Crippen LogP contribution in [0.1, 0.15) is 31.8 Å². The molecule has 2 aliphatic carbocycles. The number of allylic oxidation sites excluding steroid dienone is 3. The first-order valence-electron chi connectivity index (χ1n) is 18.0. The van der Waals surface area contributed by atoms with Crippen molar-refractivity contribution in [2.45, 2.75) is 4.90 Å². The van der Waals surface area contributed by atoms with Crippen molar-refractivity contribution in [2.24, 2.45) is 5.10 Å². The predicted octanol–water partition coefficient (Wildman–Crippen LogP) is -1.30. The number of benzene rings is 5. The Balaban J connectivity index is 0.00000330. The Kier molecular flexibility index (Phi) is 14.0. The van der Waals surface area contributed by atoms with Crippen molar-refractivity contribution in [2.75, 3.05) is 32.4 Å². The van der Waals surface area contributed by atoms with Gasteiger partial charge in [-0.2, -0.15) is 20.1 Å². The minimum atomic E-state index is -5.16. The molecule has 0 fully saturated rings. The summed E-state index contributed by atoms with van der Waals surface area (Å²) < 4.78 is 36.7. The van der Waals surface area contributed by atoms with E-state index in [1.807, 2.05) is 30.3 Å². The average molecular weight is 879 g/mol. The van der Waals surface area contributed by atoms with E-state index in [1.54, 1.807) is 60.7 Å². The molecule has 1 heterocycles. The summed E-state index contributed by atoms with van der Waals surface area (Å²) in [5, 5.41) is 27.7. The molecule has 0 aliphatic heterocycles. The number of hydrogen-bond donors (Lipinski definition) is 6. The summed E-state index contributed by atoms with van der Waals surface area (Å²) in [4.78, 5) is 62.9. The van der Waals surface area contributed by atoms with Crippen LogP contribution in [0.4, 0.5) is 57.7 Å². The van der Waals surface area contributed by atoms with Crippen LogP contribution in [-0.4, -0.2) is 57.0 Å². The average Bonchev–Trinajstić information content (AvgIpc) is 3.24. The number of aliphatic carboxylic acids is 1. The molecule has 0 spiro atoms. The number of carbonyl (C=O) groups is 4. The number of ketones is 3. The Labute approximate surface area is 402 Å². The molecule has 0 unspecified atom stereocenters. The molecule has 0 radical (unpaired) electrons. The molecule has 0 amide bonds. The van der Waals surface area contributed by atoms with E-state index in [-0.39, 0.29) is 111 Å². The number of hydrazone groups is 1. The van der Waals surface area contributed by atoms with Gasteiger partial charge in [-0.05, 0) is 85.0 Å². The standard InChI is InChI=1S/C42H30N10O8S.2Na/c43-36-33(61(58,59)60)21-31(34-35(36)38(55)29-9-5-4-8-28(29)37(34)54)44-23-10-12-24(13-11-23)46-41-48-40(45-22-6-2-1-3-7-22)49-42(50-41)47-25-14-16-26(17-15-25)51-52-27-18-19-32(53)30(20-27)39(56)57;;/h1-21,44,51H,43H2,(H,56,57)(H,58,59,60)(H3,45,46,47,48,49,50);;/q;2*+1/p-2/b52-27+;;. The Morgan fingerprint density at radius 3 is 1.59 bits per heavy atom. The van der Waals surface area contributed by atoms with E-state index in [2.05, 4.69) is 46.7 Å². The Morgan fingerprint density at radius 1 is 0.619 bits per heavy atom. The van der Waals surface area contributed by atoms with Crippen molar-refractivity contribution in [3.05, 3.63) is 155 Å². The van der Waals surface area contributed by atoms with Gasteiger partial charge in [0.2, 0.25) is 17.8 Å². The first-order chi connectivity index (χ1) is 29.3. The second-order valence-corrected chi connectivity index (χ2v) is 14.6. The molecule has 8 rings (SSSR count). The number of carboxylic acids is 1. The van der Waals surface area contributed by atoms with Crippen molar-refractivity contribution in [1.29, 1.82) is 0 Å². The van der Waals surface area contributed by atoms with Gasteiger partial charge in [-0.25, -0.2) is 8.42 Å². The molecule has 21 heteroatoms. The summed E-state index contributed by atoms with van der Waals surface area (Å²) in [6, 6.07) is 29.5. The molecular formula is C42H28N10Na2O8S. The van der Waals surface area contributed by atoms with E-state index in [9.17, 15) is 37.3 Å². The molecule has 18 nitrogen and oxygen atoms in total. The Hall–Kier alpha value is -6.55. The first-order valence-corrected chi connectivity index (χ1v) is 19.4. The van der Waals surface area contributed by atoms with Crippen LogP contribution in [0.5, 0.6) is 0 Å². The molecule has 0 saturated heterocycles. The van der Waals surface area contributed by atoms with Gasteiger partial charge in [-0.3, -0.25) is 19.8 Å². The smallest absolute Gasteiger partial charge is 0.744 e. The SMILES string of the molecule is Nc1c(S(=O)(=O)[O-])cc(Nc2ccc(Nc3nc(Nc4ccccc4)nc(Nc4ccc(N/N=C5\C=CC(=O)C(C(=O)[O-])=C5)cc4)n3)cc2)c2c1C(=O)c1ccccc1C2=O.[Na+].[Na+]. The fraction of sp³-hybridized carbons (Fsp3) is 0. The maximum absolute atomic E-state index is 13.7. The molecule has 1 aromatic heterocycles. The predicted molar refractivity (Wildman–Crippen MR) is 223 cm³/mol. The van der Waals surface area contributed by atoms with Crippen LogP contribution in [0.3, 0.4) is 0 Å². The Bertz CT molecular complexity index is 3020. The summed E-state index contributed by atoms with van der Waals surface area (Å²) in [6.07, 6.45) is 3.58. The van der Waals surface area contributed by atoms with Gasteiger partial charge in [0.15, 0.2) is 17.3 Å². The number of aromatic nitrogens is 3. The van der Waals surface area contributed by atoms with Crippen LogP contribution in [0.25, 0.3) is 0 Å². The van der Waals surface area contributed by atoms with Crippen LogP contribution in [0.2, 0.25) is 0 Å². The second kappa shape index (κ2) is 19.2. The second-order valence-electron chi connectivity index (χ2n) is 13.3. The summed E-state index contributed by atoms with van der Waals surface area (Å²) in [7, 11) is -5.16. The third-order valence-corrected chi connectivity index (χ3v) is 10.1. The van der Waals surface area contributed by atoms with Gasteiger partial charge < -0.3 is 41.5 Å². The number of carboxylic acid groups (broad SMARTS) is 1. The largest absolute Gasteiger partial charge is 1.00 e. The first kappa shape index (κ1) is 46.0. The number of anilines is 10. The van der Waals surface area contributed by atoms with Gasteiger partial charge in [0.25, 0.3) is 0 Å². The fourth-order valence-electron chi connectivity index (χ4n) is 6.35. The van der Waals surface area contributed by atoms with E-state index in [4.69, 9.17) is 5.73 Å². The maximum Gasteiger partial charge on any atom is 1.00 e. The van der Waals surface area contributed by atoms with Gasteiger partial charge in [0.1, 0.15) is 10.1 Å². The van der Waals surface area contributed by atoms with Gasteiger partial charge in [0.05, 0.1) is 44.8 Å². The number of para-hydroxylation sites is 1. The number of carbonyl (C=O) groups excluding carboxylic acids is 4. The van der Waals surface area contributed by atoms with Crippen LogP contribution in [-0.2, 0) is 19.7 Å². The van der Waals surface area contributed by atoms with Crippen LogP contribution < -0.4 is 96.6 Å². The zero-order valence-corrected chi connectivity index (χ0v) is 38.0. The van der Waals surface area contributed by atoms with Crippen LogP contribution in [0, 0.1) is 0 Å². The number of nitrogen functional groups attached to an aromatic ring is 1. The normalized spacial score (nSPS) is 13.4. The molecule has 5 aromatic carbocycles. The summed E-state index contributed by atoms with van der Waals surface area (Å²) in [6.45, 7) is 0. The van der Waals surface area contributed by atoms with Crippen molar-refractivity contribution >= 4 is 96.8 Å². The van der Waals surface area contributed by atoms with Gasteiger partial charge in [-0.15, -0.1) is 0 Å². The topological polar surface area (TPSA) is 286 Å². The zero-order valence-electron chi connectivity index (χ0n) is 33.2. The van der Waals surface area contributed by atoms with Crippen molar-refractivity contribution < 1.29 is 96.4 Å². The summed E-state index contributed by atoms with van der Waals surface area (Å²) >= 11 is 0. The molecule has 0 saturated carbocycles. The minimum absolute atomic E-state index is 0. The molecule has 7 N–H and O–H groups in total. The minimum Gasteiger partial charge on any atom is -0.744 e. The van der Waals surface area contributed by atoms with Crippen molar-refractivity contribution in [3.8, 4) is 0 Å². The third kappa shape index (κ3) is 10.2. The molecule has 6 aromatic rings. The van der Waals surface area contributed by atoms with Gasteiger partial charge in [-0.1, -0.05) is 42.5 Å². The zero-order chi connectivity index (χ0) is 42.8. The third-order valence-electron chi connectivity index (χ3n) is 9.19. The van der Waals surface area contributed by atoms with Crippen molar-refractivity contribution in [3.63, 3.8) is 0 Å². The van der Waals surface area contributed by atoms with E-state index >= 15 is 0 Å². The van der Waals surface area contributed by atoms with E-state index in [1.165, 1.54) is 18.2 Å². The number of rotatable bonds is 12. The fourth-order valence-corrected chi connectivity index (χ4v) is 6.98. The number of hydrogen-bond acceptors (Lipinski definition) is 18. The van der Waals surface area contributed by atoms with Gasteiger partial charge >= 0.3 is 59.1 Å². The molecule has 63 heavy (non-hydrogen) atoms. The molecule has 2 aliphatic rings. The summed E-state index contributed by atoms with van der Waals surface area (Å²) in [5.74, 6) is -3.06. The summed E-state index contributed by atoms with van der Waals surface area (Å²) in [5.41, 5.74) is 10.2. The quantitative estimate of drug-likeness (QED) is 0.0208. The monoisotopic (exact) mass is 878 g/mol. The molecule has 0 bridgehead atoms. The number of nitrogens with two attached hydrogens (primary N) is 1. The van der Waals surface area contributed by atoms with Crippen molar-refractivity contribution in [1.82, 2.24) is 15.0 Å². The number of nitrogens with zero attached hydrogens (tertiary/aromatic N) is 4. The molecule has 302 valence electrons. The van der Waals surface area contributed by atoms with Crippen LogP contribution >= 0.6 is 0 Å². The molecule has 0 atom stereocenters. The van der Waals surface area contributed by atoms with E-state index < -0.39 is 49.6 Å². The van der Waals surface area contributed by atoms with Gasteiger partial charge in [0, 0.05) is 39.4 Å². The van der Waals surface area contributed by atoms with E-state index in [0.29, 0.717) is 28.4 Å². The number of fused-ring (bicyclic) bond motifs is 2. The Morgan fingerprint density at radius 2 is 1.08 bits per heavy atom. The number of nitrogens with one attached hydrogen (secondary N) is 5.